The molecule has 0 saturated carbocycles. The number of hydrogen-bond acceptors (Lipinski definition) is 3. The van der Waals surface area contributed by atoms with Gasteiger partial charge in [-0.15, -0.1) is 0 Å². The third-order valence-corrected chi connectivity index (χ3v) is 4.44. The lowest BCUT2D eigenvalue weighted by Gasteiger charge is -2.17. The van der Waals surface area contributed by atoms with Gasteiger partial charge in [0.25, 0.3) is 0 Å². The van der Waals surface area contributed by atoms with Crippen LogP contribution in [-0.2, 0) is 11.2 Å². The maximum Gasteiger partial charge on any atom is 0.315 e. The second-order valence-corrected chi connectivity index (χ2v) is 6.38. The van der Waals surface area contributed by atoms with Gasteiger partial charge in [-0.2, -0.15) is 0 Å². The molecule has 1 fully saturated rings. The van der Waals surface area contributed by atoms with Crippen LogP contribution in [0.25, 0.3) is 0 Å². The van der Waals surface area contributed by atoms with E-state index in [1.807, 2.05) is 24.3 Å². The zero-order valence-corrected chi connectivity index (χ0v) is 15.1. The lowest BCUT2D eigenvalue weighted by molar-refractivity contribution is -0.117. The summed E-state index contributed by atoms with van der Waals surface area (Å²) in [4.78, 5) is 25.7. The van der Waals surface area contributed by atoms with Gasteiger partial charge in [0, 0.05) is 25.2 Å². The number of carbonyl (C=O) groups excluding carboxylic acids is 2. The number of urea groups is 1. The summed E-state index contributed by atoms with van der Waals surface area (Å²) in [6.45, 7) is 0.806. The molecule has 0 aromatic heterocycles. The number of amides is 3. The van der Waals surface area contributed by atoms with Crippen molar-refractivity contribution < 1.29 is 18.7 Å². The van der Waals surface area contributed by atoms with E-state index in [2.05, 4.69) is 10.6 Å². The average molecular weight is 371 g/mol. The molecule has 7 heteroatoms. The number of halogens is 1. The van der Waals surface area contributed by atoms with E-state index in [-0.39, 0.29) is 24.4 Å². The summed E-state index contributed by atoms with van der Waals surface area (Å²) < 4.78 is 18.5. The van der Waals surface area contributed by atoms with Crippen molar-refractivity contribution in [1.29, 1.82) is 0 Å². The third-order valence-electron chi connectivity index (χ3n) is 4.44. The van der Waals surface area contributed by atoms with Gasteiger partial charge in [0.15, 0.2) is 0 Å². The fourth-order valence-corrected chi connectivity index (χ4v) is 3.05. The molecule has 1 saturated heterocycles. The van der Waals surface area contributed by atoms with Crippen LogP contribution in [0.2, 0.25) is 0 Å². The molecule has 0 bridgehead atoms. The molecule has 27 heavy (non-hydrogen) atoms. The highest BCUT2D eigenvalue weighted by Gasteiger charge is 2.31. The average Bonchev–Trinajstić information content (AvgIpc) is 3.02. The molecular formula is C20H22FN3O3. The Hall–Kier alpha value is -3.09. The molecule has 142 valence electrons. The Bertz CT molecular complexity index is 810. The number of nitrogens with one attached hydrogen (secondary N) is 2. The van der Waals surface area contributed by atoms with Gasteiger partial charge in [-0.05, 0) is 42.3 Å². The molecule has 1 unspecified atom stereocenters. The largest absolute Gasteiger partial charge is 0.497 e. The van der Waals surface area contributed by atoms with Crippen molar-refractivity contribution in [2.75, 3.05) is 25.1 Å². The first-order chi connectivity index (χ1) is 13.0. The molecule has 2 aromatic rings. The Kier molecular flexibility index (Phi) is 5.90. The Morgan fingerprint density at radius 3 is 2.74 bits per heavy atom. The summed E-state index contributed by atoms with van der Waals surface area (Å²) >= 11 is 0. The molecule has 2 aromatic carbocycles. The molecule has 1 aliphatic heterocycles. The Balaban J connectivity index is 1.45. The Labute approximate surface area is 157 Å². The number of carbonyl (C=O) groups is 2. The van der Waals surface area contributed by atoms with Crippen molar-refractivity contribution in [3.05, 3.63) is 59.9 Å². The number of methoxy groups -OCH3 is 1. The van der Waals surface area contributed by atoms with Crippen molar-refractivity contribution in [2.24, 2.45) is 0 Å². The van der Waals surface area contributed by atoms with Gasteiger partial charge in [-0.1, -0.05) is 18.2 Å². The standard InChI is InChI=1S/C20H22FN3O3/c1-27-18-7-5-14(6-8-18)9-10-22-20(26)23-16-12-19(25)24(13-16)17-4-2-3-15(21)11-17/h2-8,11,16H,9-10,12-13H2,1H3,(H2,22,23,26). The predicted octanol–water partition coefficient (Wildman–Crippen LogP) is 2.48. The normalized spacial score (nSPS) is 16.3. The molecule has 0 aliphatic carbocycles. The minimum atomic E-state index is -0.395. The molecule has 0 radical (unpaired) electrons. The minimum Gasteiger partial charge on any atom is -0.497 e. The molecule has 3 amide bonds. The molecule has 1 aliphatic rings. The lowest BCUT2D eigenvalue weighted by atomic mass is 10.1. The monoisotopic (exact) mass is 371 g/mol. The molecule has 6 nitrogen and oxygen atoms in total. The topological polar surface area (TPSA) is 70.7 Å². The second kappa shape index (κ2) is 8.53. The Morgan fingerprint density at radius 2 is 2.04 bits per heavy atom. The number of rotatable bonds is 6. The summed E-state index contributed by atoms with van der Waals surface area (Å²) in [6.07, 6.45) is 0.888. The number of ether oxygens (including phenoxy) is 1. The molecule has 1 atom stereocenters. The third kappa shape index (κ3) is 4.97. The summed E-state index contributed by atoms with van der Waals surface area (Å²) in [5.41, 5.74) is 1.59. The Morgan fingerprint density at radius 1 is 1.26 bits per heavy atom. The van der Waals surface area contributed by atoms with Crippen molar-refractivity contribution in [2.45, 2.75) is 18.9 Å². The van der Waals surface area contributed by atoms with Gasteiger partial charge < -0.3 is 20.3 Å². The van der Waals surface area contributed by atoms with E-state index in [9.17, 15) is 14.0 Å². The SMILES string of the molecule is COc1ccc(CCNC(=O)NC2CC(=O)N(c3cccc(F)c3)C2)cc1. The maximum atomic E-state index is 13.4. The van der Waals surface area contributed by atoms with Crippen LogP contribution in [0.1, 0.15) is 12.0 Å². The summed E-state index contributed by atoms with van der Waals surface area (Å²) in [5.74, 6) is 0.260. The zero-order chi connectivity index (χ0) is 19.2. The van der Waals surface area contributed by atoms with Crippen LogP contribution in [0.5, 0.6) is 5.75 Å². The fraction of sp³-hybridized carbons (Fsp3) is 0.300. The van der Waals surface area contributed by atoms with E-state index in [0.717, 1.165) is 11.3 Å². The van der Waals surface area contributed by atoms with Crippen molar-refractivity contribution in [1.82, 2.24) is 10.6 Å². The molecule has 3 rings (SSSR count). The second-order valence-electron chi connectivity index (χ2n) is 6.38. The molecule has 1 heterocycles. The summed E-state index contributed by atoms with van der Waals surface area (Å²) in [6, 6.07) is 12.9. The van der Waals surface area contributed by atoms with Crippen molar-refractivity contribution >= 4 is 17.6 Å². The van der Waals surface area contributed by atoms with Crippen LogP contribution in [0, 0.1) is 5.82 Å². The van der Waals surface area contributed by atoms with Gasteiger partial charge in [0.1, 0.15) is 11.6 Å². The number of nitrogens with zero attached hydrogens (tertiary/aromatic N) is 1. The number of anilines is 1. The van der Waals surface area contributed by atoms with Crippen LogP contribution < -0.4 is 20.3 Å². The van der Waals surface area contributed by atoms with E-state index < -0.39 is 5.82 Å². The summed E-state index contributed by atoms with van der Waals surface area (Å²) in [7, 11) is 1.62. The molecule has 2 N–H and O–H groups in total. The van der Waals surface area contributed by atoms with Crippen LogP contribution in [-0.4, -0.2) is 38.2 Å². The smallest absolute Gasteiger partial charge is 0.315 e. The highest BCUT2D eigenvalue weighted by atomic mass is 19.1. The first-order valence-electron chi connectivity index (χ1n) is 8.78. The lowest BCUT2D eigenvalue weighted by Crippen LogP contribution is -2.43. The minimum absolute atomic E-state index is 0.135. The molecule has 0 spiro atoms. The van der Waals surface area contributed by atoms with Crippen LogP contribution in [0.4, 0.5) is 14.9 Å². The van der Waals surface area contributed by atoms with E-state index in [1.54, 1.807) is 19.2 Å². The van der Waals surface area contributed by atoms with Gasteiger partial charge in [-0.25, -0.2) is 9.18 Å². The number of hydrogen-bond donors (Lipinski definition) is 2. The van der Waals surface area contributed by atoms with E-state index in [0.29, 0.717) is 25.2 Å². The van der Waals surface area contributed by atoms with Crippen LogP contribution >= 0.6 is 0 Å². The van der Waals surface area contributed by atoms with Crippen LogP contribution in [0.3, 0.4) is 0 Å². The molecular weight excluding hydrogens is 349 g/mol. The summed E-state index contributed by atoms with van der Waals surface area (Å²) in [5, 5.41) is 5.60. The number of benzene rings is 2. The van der Waals surface area contributed by atoms with Gasteiger partial charge in [-0.3, -0.25) is 4.79 Å². The predicted molar refractivity (Wildman–Crippen MR) is 100 cm³/mol. The highest BCUT2D eigenvalue weighted by molar-refractivity contribution is 5.96. The first kappa shape index (κ1) is 18.7. The quantitative estimate of drug-likeness (QED) is 0.820. The highest BCUT2D eigenvalue weighted by Crippen LogP contribution is 2.22. The maximum absolute atomic E-state index is 13.4. The fourth-order valence-electron chi connectivity index (χ4n) is 3.05. The van der Waals surface area contributed by atoms with E-state index >= 15 is 0 Å². The van der Waals surface area contributed by atoms with Gasteiger partial charge in [0.05, 0.1) is 13.2 Å². The first-order valence-corrected chi connectivity index (χ1v) is 8.78. The van der Waals surface area contributed by atoms with Gasteiger partial charge in [0.2, 0.25) is 5.91 Å². The van der Waals surface area contributed by atoms with Crippen molar-refractivity contribution in [3.8, 4) is 5.75 Å². The van der Waals surface area contributed by atoms with E-state index in [1.165, 1.54) is 17.0 Å². The van der Waals surface area contributed by atoms with Gasteiger partial charge >= 0.3 is 6.03 Å². The van der Waals surface area contributed by atoms with Crippen LogP contribution in [0.15, 0.2) is 48.5 Å². The van der Waals surface area contributed by atoms with E-state index in [4.69, 9.17) is 4.74 Å². The van der Waals surface area contributed by atoms with Crippen molar-refractivity contribution in [3.63, 3.8) is 0 Å². The zero-order valence-electron chi connectivity index (χ0n) is 15.1.